The van der Waals surface area contributed by atoms with Gasteiger partial charge >= 0.3 is 0 Å². The fraction of sp³-hybridized carbons (Fsp3) is 0.391. The van der Waals surface area contributed by atoms with Gasteiger partial charge in [-0.25, -0.2) is 9.97 Å². The Morgan fingerprint density at radius 1 is 1.07 bits per heavy atom. The molecule has 1 aliphatic heterocycles. The molecule has 0 saturated carbocycles. The number of hydrogen-bond acceptors (Lipinski definition) is 5. The van der Waals surface area contributed by atoms with Crippen molar-refractivity contribution in [2.75, 3.05) is 13.2 Å². The molecule has 0 spiro atoms. The Hall–Kier alpha value is -2.86. The van der Waals surface area contributed by atoms with Crippen LogP contribution in [0.1, 0.15) is 38.1 Å². The molecule has 6 nitrogen and oxygen atoms in total. The summed E-state index contributed by atoms with van der Waals surface area (Å²) in [7, 11) is 0. The molecule has 2 aromatic heterocycles. The van der Waals surface area contributed by atoms with Crippen LogP contribution in [-0.2, 0) is 13.1 Å². The van der Waals surface area contributed by atoms with E-state index in [1.807, 2.05) is 36.5 Å². The predicted molar refractivity (Wildman–Crippen MR) is 112 cm³/mol. The first-order valence-corrected chi connectivity index (χ1v) is 10.1. The Kier molecular flexibility index (Phi) is 5.81. The molecule has 0 radical (unpaired) electrons. The number of para-hydroxylation sites is 2. The Morgan fingerprint density at radius 3 is 2.76 bits per heavy atom. The number of nitrogens with one attached hydrogen (secondary N) is 1. The lowest BCUT2D eigenvalue weighted by molar-refractivity contribution is 0.154. The number of nitrogens with zero attached hydrogens (tertiary/aromatic N) is 3. The van der Waals surface area contributed by atoms with Gasteiger partial charge in [0.2, 0.25) is 5.88 Å². The Labute approximate surface area is 171 Å². The van der Waals surface area contributed by atoms with E-state index in [1.165, 1.54) is 0 Å². The summed E-state index contributed by atoms with van der Waals surface area (Å²) in [6.45, 7) is 7.61. The molecular formula is C23H28N4O2. The summed E-state index contributed by atoms with van der Waals surface area (Å²) in [6.07, 6.45) is 7.58. The van der Waals surface area contributed by atoms with Gasteiger partial charge in [-0.15, -0.1) is 0 Å². The van der Waals surface area contributed by atoms with E-state index in [0.717, 1.165) is 49.6 Å². The van der Waals surface area contributed by atoms with Crippen LogP contribution in [0.5, 0.6) is 17.4 Å². The van der Waals surface area contributed by atoms with E-state index in [-0.39, 0.29) is 5.41 Å². The van der Waals surface area contributed by atoms with Crippen molar-refractivity contribution in [1.82, 2.24) is 19.9 Å². The quantitative estimate of drug-likeness (QED) is 0.679. The number of aromatic amines is 1. The van der Waals surface area contributed by atoms with Crippen molar-refractivity contribution in [2.45, 2.75) is 39.8 Å². The summed E-state index contributed by atoms with van der Waals surface area (Å²) in [5, 5.41) is 0. The maximum atomic E-state index is 6.22. The number of benzene rings is 1. The average molecular weight is 393 g/mol. The van der Waals surface area contributed by atoms with Gasteiger partial charge in [0.1, 0.15) is 5.82 Å². The van der Waals surface area contributed by atoms with Crippen molar-refractivity contribution >= 4 is 0 Å². The highest BCUT2D eigenvalue weighted by Gasteiger charge is 2.22. The molecule has 0 bridgehead atoms. The molecule has 4 rings (SSSR count). The molecule has 0 saturated heterocycles. The second-order valence-corrected chi connectivity index (χ2v) is 8.32. The summed E-state index contributed by atoms with van der Waals surface area (Å²) in [6, 6.07) is 11.8. The number of aromatic nitrogens is 3. The number of H-pyrrole nitrogens is 1. The second-order valence-electron chi connectivity index (χ2n) is 8.32. The van der Waals surface area contributed by atoms with Crippen LogP contribution in [-0.4, -0.2) is 33.0 Å². The largest absolute Gasteiger partial charge is 0.489 e. The van der Waals surface area contributed by atoms with Gasteiger partial charge in [0, 0.05) is 30.7 Å². The standard InChI is InChI=1S/C23H28N4O2/c1-23(2)10-6-14-27(16-21-24-12-13-25-21)15-18-7-5-11-26-22(18)29-20-9-4-3-8-19(20)28-17-23/h3-5,7-9,11-13H,6,10,14-17H2,1-2H3,(H,24,25). The highest BCUT2D eigenvalue weighted by Crippen LogP contribution is 2.34. The third kappa shape index (κ3) is 5.15. The molecule has 1 N–H and O–H groups in total. The van der Waals surface area contributed by atoms with E-state index < -0.39 is 0 Å². The van der Waals surface area contributed by atoms with Gasteiger partial charge in [-0.1, -0.05) is 32.0 Å². The van der Waals surface area contributed by atoms with Crippen molar-refractivity contribution in [1.29, 1.82) is 0 Å². The summed E-state index contributed by atoms with van der Waals surface area (Å²) in [4.78, 5) is 14.5. The Bertz CT molecular complexity index is 924. The Balaban J connectivity index is 1.66. The first-order chi connectivity index (χ1) is 14.1. The third-order valence-corrected chi connectivity index (χ3v) is 5.17. The number of fused-ring (bicyclic) bond motifs is 2. The predicted octanol–water partition coefficient (Wildman–Crippen LogP) is 4.80. The molecule has 6 heteroatoms. The lowest BCUT2D eigenvalue weighted by atomic mass is 9.88. The van der Waals surface area contributed by atoms with Crippen LogP contribution in [0.4, 0.5) is 0 Å². The fourth-order valence-corrected chi connectivity index (χ4v) is 3.57. The van der Waals surface area contributed by atoms with Crippen molar-refractivity contribution in [3.05, 3.63) is 66.4 Å². The summed E-state index contributed by atoms with van der Waals surface area (Å²) < 4.78 is 12.4. The van der Waals surface area contributed by atoms with E-state index in [1.54, 1.807) is 12.4 Å². The number of rotatable bonds is 2. The highest BCUT2D eigenvalue weighted by molar-refractivity contribution is 5.43. The molecule has 1 aromatic carbocycles. The molecule has 0 atom stereocenters. The van der Waals surface area contributed by atoms with Crippen LogP contribution < -0.4 is 9.47 Å². The highest BCUT2D eigenvalue weighted by atomic mass is 16.5. The first-order valence-electron chi connectivity index (χ1n) is 10.1. The monoisotopic (exact) mass is 392 g/mol. The fourth-order valence-electron chi connectivity index (χ4n) is 3.57. The normalized spacial score (nSPS) is 17.4. The number of hydrogen-bond donors (Lipinski definition) is 1. The smallest absolute Gasteiger partial charge is 0.223 e. The molecule has 29 heavy (non-hydrogen) atoms. The molecule has 1 aliphatic rings. The van der Waals surface area contributed by atoms with Gasteiger partial charge < -0.3 is 14.5 Å². The molecule has 152 valence electrons. The molecule has 0 unspecified atom stereocenters. The first kappa shape index (κ1) is 19.5. The molecule has 0 amide bonds. The van der Waals surface area contributed by atoms with Crippen LogP contribution in [0, 0.1) is 5.41 Å². The zero-order valence-electron chi connectivity index (χ0n) is 17.1. The van der Waals surface area contributed by atoms with Crippen molar-refractivity contribution in [3.8, 4) is 17.4 Å². The minimum absolute atomic E-state index is 0.0720. The van der Waals surface area contributed by atoms with E-state index in [2.05, 4.69) is 39.8 Å². The molecule has 3 aromatic rings. The lowest BCUT2D eigenvalue weighted by Gasteiger charge is -2.27. The van der Waals surface area contributed by atoms with Crippen molar-refractivity contribution in [3.63, 3.8) is 0 Å². The number of pyridine rings is 1. The maximum absolute atomic E-state index is 6.22. The van der Waals surface area contributed by atoms with Gasteiger partial charge in [-0.2, -0.15) is 0 Å². The zero-order chi connectivity index (χ0) is 20.1. The third-order valence-electron chi connectivity index (χ3n) is 5.17. The Morgan fingerprint density at radius 2 is 1.93 bits per heavy atom. The van der Waals surface area contributed by atoms with Crippen LogP contribution >= 0.6 is 0 Å². The summed E-state index contributed by atoms with van der Waals surface area (Å²) in [5.74, 6) is 3.03. The van der Waals surface area contributed by atoms with Gasteiger partial charge in [0.15, 0.2) is 11.5 Å². The maximum Gasteiger partial charge on any atom is 0.223 e. The van der Waals surface area contributed by atoms with Crippen molar-refractivity contribution in [2.24, 2.45) is 5.41 Å². The SMILES string of the molecule is CC1(C)CCCN(Cc2ncc[nH]2)Cc2cccnc2Oc2ccccc2OC1. The number of ether oxygens (including phenoxy) is 2. The van der Waals surface area contributed by atoms with Crippen molar-refractivity contribution < 1.29 is 9.47 Å². The number of imidazole rings is 1. The zero-order valence-corrected chi connectivity index (χ0v) is 17.1. The minimum Gasteiger partial charge on any atom is -0.489 e. The molecule has 0 fully saturated rings. The summed E-state index contributed by atoms with van der Waals surface area (Å²) in [5.41, 5.74) is 1.12. The topological polar surface area (TPSA) is 63.3 Å². The van der Waals surface area contributed by atoms with E-state index in [0.29, 0.717) is 18.2 Å². The summed E-state index contributed by atoms with van der Waals surface area (Å²) >= 11 is 0. The van der Waals surface area contributed by atoms with Gasteiger partial charge in [0.05, 0.1) is 13.2 Å². The van der Waals surface area contributed by atoms with Gasteiger partial charge in [0.25, 0.3) is 0 Å². The van der Waals surface area contributed by atoms with Crippen LogP contribution in [0.25, 0.3) is 0 Å². The van der Waals surface area contributed by atoms with Crippen LogP contribution in [0.2, 0.25) is 0 Å². The lowest BCUT2D eigenvalue weighted by Crippen LogP contribution is -2.27. The van der Waals surface area contributed by atoms with Gasteiger partial charge in [-0.3, -0.25) is 4.90 Å². The molecule has 0 aliphatic carbocycles. The van der Waals surface area contributed by atoms with E-state index in [4.69, 9.17) is 9.47 Å². The van der Waals surface area contributed by atoms with Gasteiger partial charge in [-0.05, 0) is 43.0 Å². The molecular weight excluding hydrogens is 364 g/mol. The molecule has 3 heterocycles. The van der Waals surface area contributed by atoms with Crippen LogP contribution in [0.15, 0.2) is 55.0 Å². The average Bonchev–Trinajstić information content (AvgIpc) is 3.21. The van der Waals surface area contributed by atoms with E-state index in [9.17, 15) is 0 Å². The van der Waals surface area contributed by atoms with E-state index >= 15 is 0 Å². The second kappa shape index (κ2) is 8.66. The minimum atomic E-state index is 0.0720. The van der Waals surface area contributed by atoms with Crippen LogP contribution in [0.3, 0.4) is 0 Å².